The fourth-order valence-electron chi connectivity index (χ4n) is 2.65. The van der Waals surface area contributed by atoms with Crippen molar-refractivity contribution in [2.45, 2.75) is 44.6 Å². The maximum absolute atomic E-state index is 14.4. The number of aldehydes is 1. The van der Waals surface area contributed by atoms with Gasteiger partial charge in [-0.25, -0.2) is 27.4 Å². The quantitative estimate of drug-likeness (QED) is 0.256. The summed E-state index contributed by atoms with van der Waals surface area (Å²) < 4.78 is 70.0. The van der Waals surface area contributed by atoms with Crippen LogP contribution in [0, 0.1) is 0 Å². The number of anilines is 1. The van der Waals surface area contributed by atoms with E-state index in [2.05, 4.69) is 10.1 Å². The van der Waals surface area contributed by atoms with Crippen molar-refractivity contribution in [1.82, 2.24) is 14.6 Å². The average molecular weight is 554 g/mol. The molecule has 1 aliphatic heterocycles. The van der Waals surface area contributed by atoms with Gasteiger partial charge in [-0.1, -0.05) is 18.2 Å². The first-order valence-electron chi connectivity index (χ1n) is 10.9. The molecule has 0 bridgehead atoms. The molecule has 1 aliphatic rings. The smallest absolute Gasteiger partial charge is 0.351 e. The molecule has 15 heteroatoms. The van der Waals surface area contributed by atoms with Crippen molar-refractivity contribution in [1.29, 1.82) is 0 Å². The van der Waals surface area contributed by atoms with E-state index in [0.717, 1.165) is 6.20 Å². The Bertz CT molecular complexity index is 974. The van der Waals surface area contributed by atoms with Gasteiger partial charge in [-0.15, -0.1) is 0 Å². The summed E-state index contributed by atoms with van der Waals surface area (Å²) in [6.07, 6.45) is -1.35. The number of benzene rings is 1. The first-order valence-corrected chi connectivity index (χ1v) is 12.1. The SMILES string of the molecule is COC(C)C.FCF.Nc1ccn(C2OC(COP(NCC=O)Oc3ccccc3)CC2(F)F)c(=O)n1. The van der Waals surface area contributed by atoms with Gasteiger partial charge in [-0.2, -0.15) is 4.98 Å². The van der Waals surface area contributed by atoms with Crippen molar-refractivity contribution in [3.05, 3.63) is 53.1 Å². The summed E-state index contributed by atoms with van der Waals surface area (Å²) in [5, 5.41) is 2.75. The Morgan fingerprint density at radius 2 is 1.92 bits per heavy atom. The molecule has 2 heterocycles. The molecule has 37 heavy (non-hydrogen) atoms. The van der Waals surface area contributed by atoms with Gasteiger partial charge in [-0.3, -0.25) is 4.57 Å². The molecule has 0 radical (unpaired) electrons. The summed E-state index contributed by atoms with van der Waals surface area (Å²) in [7, 11) is -0.0734. The highest BCUT2D eigenvalue weighted by Crippen LogP contribution is 2.43. The molecule has 0 amide bonds. The molecule has 0 aliphatic carbocycles. The predicted octanol–water partition coefficient (Wildman–Crippen LogP) is 3.78. The molecule has 2 aromatic rings. The fraction of sp³-hybridized carbons (Fsp3) is 0.500. The number of halogens is 4. The van der Waals surface area contributed by atoms with Crippen molar-refractivity contribution < 1.29 is 40.9 Å². The van der Waals surface area contributed by atoms with Crippen LogP contribution in [0.15, 0.2) is 47.4 Å². The van der Waals surface area contributed by atoms with Gasteiger partial charge in [0, 0.05) is 19.7 Å². The Hall–Kier alpha value is -2.64. The summed E-state index contributed by atoms with van der Waals surface area (Å²) in [5.74, 6) is -2.89. The van der Waals surface area contributed by atoms with Gasteiger partial charge in [0.15, 0.2) is 0 Å². The van der Waals surface area contributed by atoms with E-state index in [1.54, 1.807) is 37.4 Å². The molecule has 0 spiro atoms. The van der Waals surface area contributed by atoms with Crippen LogP contribution >= 0.6 is 8.53 Å². The number of carbonyl (C=O) groups excluding carboxylic acids is 1. The van der Waals surface area contributed by atoms with Crippen molar-refractivity contribution >= 4 is 20.6 Å². The third-order valence-corrected chi connectivity index (χ3v) is 5.57. The summed E-state index contributed by atoms with van der Waals surface area (Å²) in [6, 6.07) is 9.94. The molecule has 1 saturated heterocycles. The number of hydrogen-bond donors (Lipinski definition) is 2. The molecule has 1 fully saturated rings. The number of aromatic nitrogens is 2. The van der Waals surface area contributed by atoms with Crippen LogP contribution in [0.3, 0.4) is 0 Å². The Morgan fingerprint density at radius 3 is 2.46 bits per heavy atom. The largest absolute Gasteiger partial charge is 0.436 e. The summed E-state index contributed by atoms with van der Waals surface area (Å²) >= 11 is 0. The molecular formula is C22H31F4N4O6P. The van der Waals surface area contributed by atoms with Crippen LogP contribution in [0.2, 0.25) is 0 Å². The first kappa shape index (κ1) is 32.4. The van der Waals surface area contributed by atoms with Crippen molar-refractivity contribution in [3.8, 4) is 5.75 Å². The van der Waals surface area contributed by atoms with Crippen molar-refractivity contribution in [2.24, 2.45) is 0 Å². The normalized spacial score (nSPS) is 18.7. The van der Waals surface area contributed by atoms with E-state index in [-0.39, 0.29) is 19.0 Å². The molecule has 208 valence electrons. The number of rotatable bonds is 10. The van der Waals surface area contributed by atoms with Crippen LogP contribution in [-0.4, -0.2) is 61.2 Å². The number of alkyl halides is 4. The highest BCUT2D eigenvalue weighted by Gasteiger charge is 2.52. The molecule has 3 N–H and O–H groups in total. The molecule has 10 nitrogen and oxygen atoms in total. The number of ether oxygens (including phenoxy) is 2. The van der Waals surface area contributed by atoms with E-state index in [0.29, 0.717) is 22.7 Å². The maximum atomic E-state index is 14.4. The number of hydrogen-bond acceptors (Lipinski definition) is 9. The Morgan fingerprint density at radius 1 is 1.30 bits per heavy atom. The lowest BCUT2D eigenvalue weighted by Crippen LogP contribution is -2.35. The van der Waals surface area contributed by atoms with Crippen LogP contribution in [0.1, 0.15) is 26.5 Å². The minimum absolute atomic E-state index is 0.0324. The van der Waals surface area contributed by atoms with Crippen LogP contribution in [-0.2, 0) is 18.8 Å². The molecule has 3 atom stereocenters. The monoisotopic (exact) mass is 554 g/mol. The third-order valence-electron chi connectivity index (χ3n) is 4.37. The van der Waals surface area contributed by atoms with Gasteiger partial charge in [0.05, 0.1) is 25.4 Å². The van der Waals surface area contributed by atoms with E-state index < -0.39 is 45.8 Å². The number of nitrogens with one attached hydrogen (secondary N) is 1. The summed E-state index contributed by atoms with van der Waals surface area (Å²) in [4.78, 5) is 25.9. The molecule has 1 aromatic carbocycles. The number of nitrogen functional groups attached to an aromatic ring is 1. The Balaban J connectivity index is 0.000000751. The van der Waals surface area contributed by atoms with Gasteiger partial charge < -0.3 is 29.0 Å². The average Bonchev–Trinajstić information content (AvgIpc) is 3.16. The minimum atomic E-state index is -3.31. The van der Waals surface area contributed by atoms with E-state index in [1.165, 1.54) is 6.07 Å². The number of nitrogens with zero attached hydrogens (tertiary/aromatic N) is 2. The Labute approximate surface area is 213 Å². The maximum Gasteiger partial charge on any atom is 0.351 e. The van der Waals surface area contributed by atoms with E-state index in [1.807, 2.05) is 13.8 Å². The fourth-order valence-corrected chi connectivity index (χ4v) is 3.70. The number of methoxy groups -OCH3 is 1. The van der Waals surface area contributed by atoms with Crippen LogP contribution in [0.25, 0.3) is 0 Å². The van der Waals surface area contributed by atoms with Crippen LogP contribution in [0.4, 0.5) is 23.4 Å². The molecule has 1 aromatic heterocycles. The van der Waals surface area contributed by atoms with Crippen LogP contribution in [0.5, 0.6) is 5.75 Å². The van der Waals surface area contributed by atoms with E-state index >= 15 is 0 Å². The molecular weight excluding hydrogens is 523 g/mol. The van der Waals surface area contributed by atoms with Gasteiger partial charge in [0.2, 0.25) is 13.2 Å². The highest BCUT2D eigenvalue weighted by atomic mass is 31.2. The van der Waals surface area contributed by atoms with Crippen LogP contribution < -0.4 is 21.0 Å². The van der Waals surface area contributed by atoms with E-state index in [4.69, 9.17) is 24.3 Å². The Kier molecular flexibility index (Phi) is 14.9. The standard InChI is InChI=1S/C17H19F2N4O5P.C4H10O.CH2F2/c18-17(19)10-13(27-15(17)23-8-6-14(20)22-16(23)25)11-26-29(21-7-9-24)28-12-4-2-1-3-5-12;1-4(2)5-3;2-1-3/h1-6,8-9,13,15,21H,7,10-11H2,(H2,20,22,25);4H,1-3H3;1H2. The summed E-state index contributed by atoms with van der Waals surface area (Å²) in [6.45, 7) is 1.99. The zero-order chi connectivity index (χ0) is 27.8. The van der Waals surface area contributed by atoms with Crippen molar-refractivity contribution in [2.75, 3.05) is 32.9 Å². The second-order valence-electron chi connectivity index (χ2n) is 7.49. The number of para-hydroxylation sites is 1. The lowest BCUT2D eigenvalue weighted by Gasteiger charge is -2.20. The zero-order valence-electron chi connectivity index (χ0n) is 20.6. The minimum Gasteiger partial charge on any atom is -0.436 e. The molecule has 3 unspecified atom stereocenters. The van der Waals surface area contributed by atoms with Gasteiger partial charge in [-0.05, 0) is 32.0 Å². The predicted molar refractivity (Wildman–Crippen MR) is 130 cm³/mol. The van der Waals surface area contributed by atoms with Gasteiger partial charge in [0.1, 0.15) is 17.9 Å². The first-order chi connectivity index (χ1) is 17.6. The molecule has 0 saturated carbocycles. The second-order valence-corrected chi connectivity index (χ2v) is 8.76. The zero-order valence-corrected chi connectivity index (χ0v) is 21.5. The second kappa shape index (κ2) is 17.0. The lowest BCUT2D eigenvalue weighted by atomic mass is 10.2. The topological polar surface area (TPSA) is 127 Å². The third kappa shape index (κ3) is 12.0. The summed E-state index contributed by atoms with van der Waals surface area (Å²) in [5.41, 5.74) is 4.46. The molecule has 3 rings (SSSR count). The highest BCUT2D eigenvalue weighted by molar-refractivity contribution is 7.45. The van der Waals surface area contributed by atoms with Crippen molar-refractivity contribution in [3.63, 3.8) is 0 Å². The van der Waals surface area contributed by atoms with Gasteiger partial charge >= 0.3 is 14.2 Å². The number of nitrogens with two attached hydrogens (primary N) is 1. The van der Waals surface area contributed by atoms with Gasteiger partial charge in [0.25, 0.3) is 5.92 Å². The van der Waals surface area contributed by atoms with E-state index in [9.17, 15) is 27.2 Å². The number of carbonyl (C=O) groups is 1. The lowest BCUT2D eigenvalue weighted by molar-refractivity contribution is -0.119.